The lowest BCUT2D eigenvalue weighted by atomic mass is 9.98. The molecule has 1 heterocycles. The van der Waals surface area contributed by atoms with Gasteiger partial charge in [0.15, 0.2) is 0 Å². The van der Waals surface area contributed by atoms with Gasteiger partial charge < -0.3 is 14.7 Å². The molecule has 32 heavy (non-hydrogen) atoms. The third-order valence-electron chi connectivity index (χ3n) is 5.30. The Hall–Kier alpha value is -3.36. The molecule has 0 saturated heterocycles. The lowest BCUT2D eigenvalue weighted by molar-refractivity contribution is 0.0697. The predicted octanol–water partition coefficient (Wildman–Crippen LogP) is 3.96. The zero-order valence-electron chi connectivity index (χ0n) is 17.5. The summed E-state index contributed by atoms with van der Waals surface area (Å²) in [6.45, 7) is 3.22. The number of carboxylic acid groups (broad SMARTS) is 1. The van der Waals surface area contributed by atoms with Crippen molar-refractivity contribution in [1.82, 2.24) is 0 Å². The number of carboxylic acids is 1. The highest BCUT2D eigenvalue weighted by atomic mass is 32.2. The van der Waals surface area contributed by atoms with E-state index >= 15 is 0 Å². The molecule has 8 heteroatoms. The van der Waals surface area contributed by atoms with Crippen molar-refractivity contribution in [3.8, 4) is 16.9 Å². The third-order valence-corrected chi connectivity index (χ3v) is 6.62. The number of aryl methyl sites for hydroxylation is 1. The van der Waals surface area contributed by atoms with Crippen molar-refractivity contribution >= 4 is 21.8 Å². The lowest BCUT2D eigenvalue weighted by Gasteiger charge is -2.31. The molecule has 0 aromatic heterocycles. The molecule has 0 saturated carbocycles. The maximum Gasteiger partial charge on any atom is 0.336 e. The van der Waals surface area contributed by atoms with Crippen LogP contribution in [0.5, 0.6) is 5.75 Å². The normalized spacial score (nSPS) is 13.3. The molecule has 0 bridgehead atoms. The van der Waals surface area contributed by atoms with Crippen LogP contribution in [0.4, 0.5) is 5.69 Å². The van der Waals surface area contributed by atoms with Crippen molar-refractivity contribution in [2.75, 3.05) is 31.2 Å². The SMILES string of the molecule is Cc1ccc(S(=O)(=O)OCCN2CCOc3ccc(-c4ccccc4C(=O)O)cc32)cc1. The zero-order valence-corrected chi connectivity index (χ0v) is 18.3. The van der Waals surface area contributed by atoms with Gasteiger partial charge in [-0.2, -0.15) is 8.42 Å². The van der Waals surface area contributed by atoms with Crippen molar-refractivity contribution in [3.63, 3.8) is 0 Å². The predicted molar refractivity (Wildman–Crippen MR) is 121 cm³/mol. The topological polar surface area (TPSA) is 93.1 Å². The molecule has 3 aromatic rings. The molecule has 0 aliphatic carbocycles. The molecule has 0 fully saturated rings. The molecular weight excluding hydrogens is 430 g/mol. The summed E-state index contributed by atoms with van der Waals surface area (Å²) >= 11 is 0. The molecule has 3 aromatic carbocycles. The van der Waals surface area contributed by atoms with E-state index in [4.69, 9.17) is 8.92 Å². The molecular formula is C24H23NO6S. The van der Waals surface area contributed by atoms with Crippen molar-refractivity contribution in [1.29, 1.82) is 0 Å². The third kappa shape index (κ3) is 4.61. The van der Waals surface area contributed by atoms with E-state index in [2.05, 4.69) is 0 Å². The molecule has 166 valence electrons. The average Bonchev–Trinajstić information content (AvgIpc) is 2.79. The summed E-state index contributed by atoms with van der Waals surface area (Å²) in [5, 5.41) is 9.51. The molecule has 0 spiro atoms. The summed E-state index contributed by atoms with van der Waals surface area (Å²) in [6, 6.07) is 18.8. The number of fused-ring (bicyclic) bond motifs is 1. The van der Waals surface area contributed by atoms with Crippen molar-refractivity contribution in [2.45, 2.75) is 11.8 Å². The largest absolute Gasteiger partial charge is 0.490 e. The van der Waals surface area contributed by atoms with Gasteiger partial charge in [0.25, 0.3) is 10.1 Å². The number of carbonyl (C=O) groups is 1. The molecule has 7 nitrogen and oxygen atoms in total. The number of benzene rings is 3. The Kier molecular flexibility index (Phi) is 6.16. The van der Waals surface area contributed by atoms with Crippen molar-refractivity contribution in [2.24, 2.45) is 0 Å². The minimum atomic E-state index is -3.84. The molecule has 1 aliphatic rings. The van der Waals surface area contributed by atoms with Gasteiger partial charge in [0, 0.05) is 6.54 Å². The van der Waals surface area contributed by atoms with E-state index in [1.54, 1.807) is 42.5 Å². The number of ether oxygens (including phenoxy) is 1. The smallest absolute Gasteiger partial charge is 0.336 e. The standard InChI is InChI=1S/C24H23NO6S/c1-17-6-9-19(10-7-17)32(28,29)31-15-13-25-12-14-30-23-11-8-18(16-22(23)25)20-4-2-3-5-21(20)24(26)27/h2-11,16H,12-15H2,1H3,(H,26,27). The number of aromatic carboxylic acids is 1. The van der Waals surface area contributed by atoms with Crippen LogP contribution in [0.3, 0.4) is 0 Å². The number of hydrogen-bond donors (Lipinski definition) is 1. The number of anilines is 1. The Morgan fingerprint density at radius 1 is 1.09 bits per heavy atom. The van der Waals surface area contributed by atoms with E-state index < -0.39 is 16.1 Å². The first-order valence-electron chi connectivity index (χ1n) is 10.2. The minimum absolute atomic E-state index is 0.0222. The second-order valence-corrected chi connectivity index (χ2v) is 9.07. The summed E-state index contributed by atoms with van der Waals surface area (Å²) < 4.78 is 35.9. The molecule has 0 radical (unpaired) electrons. The Morgan fingerprint density at radius 3 is 2.59 bits per heavy atom. The molecule has 4 rings (SSSR count). The van der Waals surface area contributed by atoms with Gasteiger partial charge in [-0.1, -0.05) is 42.0 Å². The minimum Gasteiger partial charge on any atom is -0.490 e. The Labute approximate surface area is 187 Å². The van der Waals surface area contributed by atoms with Crippen LogP contribution in [0.15, 0.2) is 71.6 Å². The van der Waals surface area contributed by atoms with E-state index in [1.807, 2.05) is 24.0 Å². The molecule has 0 unspecified atom stereocenters. The van der Waals surface area contributed by atoms with Crippen LogP contribution < -0.4 is 9.64 Å². The summed E-state index contributed by atoms with van der Waals surface area (Å²) in [5.74, 6) is -0.338. The van der Waals surface area contributed by atoms with Crippen LogP contribution in [0.1, 0.15) is 15.9 Å². The van der Waals surface area contributed by atoms with E-state index in [9.17, 15) is 18.3 Å². The first-order valence-corrected chi connectivity index (χ1v) is 11.6. The van der Waals surface area contributed by atoms with Gasteiger partial charge in [0.2, 0.25) is 0 Å². The van der Waals surface area contributed by atoms with Gasteiger partial charge in [-0.3, -0.25) is 4.18 Å². The van der Waals surface area contributed by atoms with Gasteiger partial charge in [0.1, 0.15) is 12.4 Å². The van der Waals surface area contributed by atoms with Crippen LogP contribution in [-0.4, -0.2) is 45.8 Å². The monoisotopic (exact) mass is 453 g/mol. The zero-order chi connectivity index (χ0) is 22.7. The van der Waals surface area contributed by atoms with E-state index in [0.717, 1.165) is 16.8 Å². The van der Waals surface area contributed by atoms with Crippen LogP contribution >= 0.6 is 0 Å². The molecule has 1 aliphatic heterocycles. The quantitative estimate of drug-likeness (QED) is 0.541. The lowest BCUT2D eigenvalue weighted by Crippen LogP contribution is -2.35. The molecule has 1 N–H and O–H groups in total. The molecule has 0 atom stereocenters. The van der Waals surface area contributed by atoms with Crippen LogP contribution in [0.25, 0.3) is 11.1 Å². The Bertz CT molecular complexity index is 1240. The highest BCUT2D eigenvalue weighted by Crippen LogP contribution is 2.36. The van der Waals surface area contributed by atoms with Gasteiger partial charge in [0.05, 0.1) is 29.3 Å². The van der Waals surface area contributed by atoms with Crippen LogP contribution in [0.2, 0.25) is 0 Å². The summed E-state index contributed by atoms with van der Waals surface area (Å²) in [7, 11) is -3.84. The van der Waals surface area contributed by atoms with Gasteiger partial charge in [-0.15, -0.1) is 0 Å². The highest BCUT2D eigenvalue weighted by Gasteiger charge is 2.22. The van der Waals surface area contributed by atoms with Crippen LogP contribution in [-0.2, 0) is 14.3 Å². The van der Waals surface area contributed by atoms with E-state index in [1.165, 1.54) is 12.1 Å². The second kappa shape index (κ2) is 9.02. The maximum atomic E-state index is 12.5. The summed E-state index contributed by atoms with van der Waals surface area (Å²) in [4.78, 5) is 13.7. The fourth-order valence-electron chi connectivity index (χ4n) is 3.62. The fourth-order valence-corrected chi connectivity index (χ4v) is 4.52. The summed E-state index contributed by atoms with van der Waals surface area (Å²) in [5.41, 5.74) is 3.29. The average molecular weight is 454 g/mol. The Morgan fingerprint density at radius 2 is 1.84 bits per heavy atom. The number of rotatable bonds is 7. The fraction of sp³-hybridized carbons (Fsp3) is 0.208. The van der Waals surface area contributed by atoms with E-state index in [-0.39, 0.29) is 17.1 Å². The first kappa shape index (κ1) is 21.9. The summed E-state index contributed by atoms with van der Waals surface area (Å²) in [6.07, 6.45) is 0. The van der Waals surface area contributed by atoms with Crippen LogP contribution in [0, 0.1) is 6.92 Å². The van der Waals surface area contributed by atoms with Crippen molar-refractivity contribution in [3.05, 3.63) is 77.9 Å². The maximum absolute atomic E-state index is 12.5. The van der Waals surface area contributed by atoms with Gasteiger partial charge in [-0.05, 0) is 48.4 Å². The molecule has 0 amide bonds. The van der Waals surface area contributed by atoms with Crippen molar-refractivity contribution < 1.29 is 27.2 Å². The second-order valence-electron chi connectivity index (χ2n) is 7.46. The first-order chi connectivity index (χ1) is 15.3. The van der Waals surface area contributed by atoms with Gasteiger partial charge >= 0.3 is 5.97 Å². The number of hydrogen-bond acceptors (Lipinski definition) is 6. The van der Waals surface area contributed by atoms with Gasteiger partial charge in [-0.25, -0.2) is 4.79 Å². The highest BCUT2D eigenvalue weighted by molar-refractivity contribution is 7.86. The van der Waals surface area contributed by atoms with E-state index in [0.29, 0.717) is 31.0 Å². The number of nitrogens with zero attached hydrogens (tertiary/aromatic N) is 1. The Balaban J connectivity index is 1.53.